The van der Waals surface area contributed by atoms with Crippen LogP contribution in [0.25, 0.3) is 0 Å². The minimum absolute atomic E-state index is 0.0785. The molecule has 2 heterocycles. The number of nitrogens with zero attached hydrogens (tertiary/aromatic N) is 2. The summed E-state index contributed by atoms with van der Waals surface area (Å²) in [5.74, 6) is -1.36. The van der Waals surface area contributed by atoms with Crippen molar-refractivity contribution in [3.8, 4) is 0 Å². The van der Waals surface area contributed by atoms with Crippen molar-refractivity contribution in [3.05, 3.63) is 17.0 Å². The van der Waals surface area contributed by atoms with Crippen LogP contribution < -0.4 is 0 Å². The summed E-state index contributed by atoms with van der Waals surface area (Å²) in [4.78, 5) is 10.8. The van der Waals surface area contributed by atoms with Gasteiger partial charge in [0.25, 0.3) is 0 Å². The fourth-order valence-corrected chi connectivity index (χ4v) is 2.85. The standard InChI is InChI=1S/C12H16N2O4/c1-8-9-6-12(17-4-5-18-12)3-2-10(9)14(13-8)7-11(15)16/h2-7H2,1H3,(H,15,16). The van der Waals surface area contributed by atoms with E-state index in [9.17, 15) is 4.79 Å². The van der Waals surface area contributed by atoms with Gasteiger partial charge in [-0.3, -0.25) is 9.48 Å². The maximum absolute atomic E-state index is 10.8. The number of aliphatic carboxylic acids is 1. The third-order valence-electron chi connectivity index (χ3n) is 3.65. The second-order valence-electron chi connectivity index (χ2n) is 4.85. The topological polar surface area (TPSA) is 73.6 Å². The van der Waals surface area contributed by atoms with Crippen molar-refractivity contribution < 1.29 is 19.4 Å². The summed E-state index contributed by atoms with van der Waals surface area (Å²) in [5.41, 5.74) is 2.98. The van der Waals surface area contributed by atoms with Crippen molar-refractivity contribution >= 4 is 5.97 Å². The fourth-order valence-electron chi connectivity index (χ4n) is 2.85. The Bertz CT molecular complexity index is 489. The zero-order valence-electron chi connectivity index (χ0n) is 10.3. The van der Waals surface area contributed by atoms with Crippen LogP contribution in [0.15, 0.2) is 0 Å². The van der Waals surface area contributed by atoms with E-state index in [1.165, 1.54) is 0 Å². The number of rotatable bonds is 2. The summed E-state index contributed by atoms with van der Waals surface area (Å²) in [7, 11) is 0. The van der Waals surface area contributed by atoms with Crippen molar-refractivity contribution in [2.45, 2.75) is 38.5 Å². The van der Waals surface area contributed by atoms with Crippen molar-refractivity contribution in [1.82, 2.24) is 9.78 Å². The molecule has 1 aromatic heterocycles. The highest BCUT2D eigenvalue weighted by Gasteiger charge is 2.41. The van der Waals surface area contributed by atoms with E-state index in [1.54, 1.807) is 4.68 Å². The maximum Gasteiger partial charge on any atom is 0.325 e. The van der Waals surface area contributed by atoms with Gasteiger partial charge in [0, 0.05) is 24.1 Å². The van der Waals surface area contributed by atoms with Gasteiger partial charge in [-0.25, -0.2) is 0 Å². The van der Waals surface area contributed by atoms with Crippen LogP contribution in [-0.2, 0) is 33.7 Å². The molecule has 0 radical (unpaired) electrons. The summed E-state index contributed by atoms with van der Waals surface area (Å²) in [6.07, 6.45) is 2.20. The van der Waals surface area contributed by atoms with E-state index >= 15 is 0 Å². The molecule has 0 unspecified atom stereocenters. The molecule has 0 saturated carbocycles. The molecule has 1 fully saturated rings. The van der Waals surface area contributed by atoms with E-state index in [4.69, 9.17) is 14.6 Å². The number of carboxylic acids is 1. The SMILES string of the molecule is Cc1nn(CC(=O)O)c2c1CC1(CC2)OCCO1. The second kappa shape index (κ2) is 4.07. The second-order valence-corrected chi connectivity index (χ2v) is 4.85. The van der Waals surface area contributed by atoms with Gasteiger partial charge >= 0.3 is 5.97 Å². The summed E-state index contributed by atoms with van der Waals surface area (Å²) >= 11 is 0. The molecule has 1 aliphatic heterocycles. The molecule has 0 aromatic carbocycles. The summed E-state index contributed by atoms with van der Waals surface area (Å²) in [6, 6.07) is 0. The Morgan fingerprint density at radius 3 is 2.89 bits per heavy atom. The largest absolute Gasteiger partial charge is 0.480 e. The molecule has 1 N–H and O–H groups in total. The maximum atomic E-state index is 10.8. The highest BCUT2D eigenvalue weighted by atomic mass is 16.7. The van der Waals surface area contributed by atoms with E-state index in [1.807, 2.05) is 6.92 Å². The van der Waals surface area contributed by atoms with Crippen LogP contribution in [-0.4, -0.2) is 39.9 Å². The van der Waals surface area contributed by atoms with Crippen LogP contribution in [0.5, 0.6) is 0 Å². The predicted molar refractivity (Wildman–Crippen MR) is 61.3 cm³/mol. The van der Waals surface area contributed by atoms with E-state index in [0.717, 1.165) is 29.8 Å². The Hall–Kier alpha value is -1.40. The molecule has 6 nitrogen and oxygen atoms in total. The molecule has 6 heteroatoms. The molecule has 18 heavy (non-hydrogen) atoms. The van der Waals surface area contributed by atoms with Gasteiger partial charge in [-0.15, -0.1) is 0 Å². The lowest BCUT2D eigenvalue weighted by molar-refractivity contribution is -0.164. The Kier molecular flexibility index (Phi) is 2.64. The number of aromatic nitrogens is 2. The molecule has 3 rings (SSSR count). The molecule has 0 amide bonds. The number of fused-ring (bicyclic) bond motifs is 1. The Morgan fingerprint density at radius 2 is 2.22 bits per heavy atom. The number of carbonyl (C=O) groups is 1. The van der Waals surface area contributed by atoms with Crippen molar-refractivity contribution in [1.29, 1.82) is 0 Å². The van der Waals surface area contributed by atoms with Gasteiger partial charge in [0.2, 0.25) is 0 Å². The van der Waals surface area contributed by atoms with Crippen molar-refractivity contribution in [2.24, 2.45) is 0 Å². The molecule has 0 bridgehead atoms. The van der Waals surface area contributed by atoms with E-state index in [0.29, 0.717) is 19.6 Å². The zero-order valence-corrected chi connectivity index (χ0v) is 10.3. The first kappa shape index (κ1) is 11.7. The molecule has 98 valence electrons. The molecule has 1 saturated heterocycles. The van der Waals surface area contributed by atoms with Crippen molar-refractivity contribution in [3.63, 3.8) is 0 Å². The molecule has 0 atom stereocenters. The van der Waals surface area contributed by atoms with Gasteiger partial charge in [-0.05, 0) is 13.3 Å². The van der Waals surface area contributed by atoms with Gasteiger partial charge in [-0.1, -0.05) is 0 Å². The van der Waals surface area contributed by atoms with Gasteiger partial charge in [-0.2, -0.15) is 5.10 Å². The van der Waals surface area contributed by atoms with Gasteiger partial charge < -0.3 is 14.6 Å². The molecule has 1 aliphatic carbocycles. The first-order valence-electron chi connectivity index (χ1n) is 6.14. The van der Waals surface area contributed by atoms with Gasteiger partial charge in [0.05, 0.1) is 18.9 Å². The summed E-state index contributed by atoms with van der Waals surface area (Å²) < 4.78 is 13.0. The number of aryl methyl sites for hydroxylation is 1. The Labute approximate surface area is 104 Å². The monoisotopic (exact) mass is 252 g/mol. The van der Waals surface area contributed by atoms with E-state index in [2.05, 4.69) is 5.10 Å². The quantitative estimate of drug-likeness (QED) is 0.830. The minimum atomic E-state index is -0.867. The highest BCUT2D eigenvalue weighted by Crippen LogP contribution is 2.36. The lowest BCUT2D eigenvalue weighted by Crippen LogP contribution is -2.37. The third-order valence-corrected chi connectivity index (χ3v) is 3.65. The first-order chi connectivity index (χ1) is 8.60. The predicted octanol–water partition coefficient (Wildman–Crippen LogP) is 0.508. The molecule has 1 aromatic rings. The molecular formula is C12H16N2O4. The minimum Gasteiger partial charge on any atom is -0.480 e. The van der Waals surface area contributed by atoms with Crippen LogP contribution in [0.1, 0.15) is 23.4 Å². The molecule has 1 spiro atoms. The number of carboxylic acid groups (broad SMARTS) is 1. The van der Waals surface area contributed by atoms with Gasteiger partial charge in [0.1, 0.15) is 6.54 Å². The average Bonchev–Trinajstić information content (AvgIpc) is 2.86. The lowest BCUT2D eigenvalue weighted by Gasteiger charge is -2.31. The van der Waals surface area contributed by atoms with E-state index < -0.39 is 11.8 Å². The Morgan fingerprint density at radius 1 is 1.50 bits per heavy atom. The zero-order chi connectivity index (χ0) is 12.8. The van der Waals surface area contributed by atoms with Gasteiger partial charge in [0.15, 0.2) is 5.79 Å². The number of hydrogen-bond donors (Lipinski definition) is 1. The molecular weight excluding hydrogens is 236 g/mol. The van der Waals surface area contributed by atoms with Crippen LogP contribution in [0, 0.1) is 6.92 Å². The van der Waals surface area contributed by atoms with Crippen LogP contribution in [0.3, 0.4) is 0 Å². The van der Waals surface area contributed by atoms with Crippen LogP contribution in [0.2, 0.25) is 0 Å². The number of ether oxygens (including phenoxy) is 2. The molecule has 2 aliphatic rings. The lowest BCUT2D eigenvalue weighted by atomic mass is 9.90. The summed E-state index contributed by atoms with van der Waals surface area (Å²) in [5, 5.41) is 13.2. The Balaban J connectivity index is 1.92. The van der Waals surface area contributed by atoms with Crippen LogP contribution in [0.4, 0.5) is 0 Å². The smallest absolute Gasteiger partial charge is 0.325 e. The number of hydrogen-bond acceptors (Lipinski definition) is 4. The fraction of sp³-hybridized carbons (Fsp3) is 0.667. The van der Waals surface area contributed by atoms with E-state index in [-0.39, 0.29) is 6.54 Å². The van der Waals surface area contributed by atoms with Crippen molar-refractivity contribution in [2.75, 3.05) is 13.2 Å². The highest BCUT2D eigenvalue weighted by molar-refractivity contribution is 5.66. The first-order valence-corrected chi connectivity index (χ1v) is 6.14. The third kappa shape index (κ3) is 1.81. The average molecular weight is 252 g/mol. The summed E-state index contributed by atoms with van der Waals surface area (Å²) in [6.45, 7) is 3.10. The normalized spacial score (nSPS) is 21.2. The van der Waals surface area contributed by atoms with Crippen LogP contribution >= 0.6 is 0 Å².